The highest BCUT2D eigenvalue weighted by Crippen LogP contribution is 2.51. The van der Waals surface area contributed by atoms with Crippen molar-refractivity contribution in [3.05, 3.63) is 71.0 Å². The Labute approximate surface area is 208 Å². The SMILES string of the molecule is COC(=O)c1ccc(-c2ccc([C@@H]3CC(=O)Oc4ccc5c(c43)OC3(CCCCC3)CC5=O)o2)cc1. The Morgan fingerprint density at radius 3 is 2.50 bits per heavy atom. The van der Waals surface area contributed by atoms with Crippen LogP contribution in [0.3, 0.4) is 0 Å². The molecule has 1 spiro atoms. The van der Waals surface area contributed by atoms with Crippen molar-refractivity contribution >= 4 is 17.7 Å². The van der Waals surface area contributed by atoms with Crippen molar-refractivity contribution in [3.8, 4) is 22.8 Å². The standard InChI is InChI=1S/C29H26O7/c1-33-28(32)18-7-5-17(6-8-18)22-11-12-23(34-22)20-15-25(31)35-24-10-9-19-21(30)16-29(13-3-2-4-14-29)36-27(19)26(20)24/h5-12,20H,2-4,13-16H2,1H3/t20-/m0/s1. The van der Waals surface area contributed by atoms with Crippen LogP contribution < -0.4 is 9.47 Å². The van der Waals surface area contributed by atoms with E-state index in [1.807, 2.05) is 12.1 Å². The fourth-order valence-corrected chi connectivity index (χ4v) is 5.70. The lowest BCUT2D eigenvalue weighted by molar-refractivity contribution is -0.135. The van der Waals surface area contributed by atoms with Gasteiger partial charge < -0.3 is 18.6 Å². The van der Waals surface area contributed by atoms with Crippen LogP contribution in [-0.4, -0.2) is 30.4 Å². The number of fused-ring (bicyclic) bond motifs is 3. The minimum absolute atomic E-state index is 0.0717. The van der Waals surface area contributed by atoms with E-state index < -0.39 is 17.5 Å². The normalized spacial score (nSPS) is 20.2. The van der Waals surface area contributed by atoms with Crippen molar-refractivity contribution < 1.29 is 33.0 Å². The zero-order valence-corrected chi connectivity index (χ0v) is 20.0. The maximum atomic E-state index is 13.2. The number of ether oxygens (including phenoxy) is 3. The van der Waals surface area contributed by atoms with Gasteiger partial charge in [0.2, 0.25) is 0 Å². The minimum Gasteiger partial charge on any atom is -0.486 e. The summed E-state index contributed by atoms with van der Waals surface area (Å²) in [6.07, 6.45) is 5.38. The highest BCUT2D eigenvalue weighted by atomic mass is 16.5. The summed E-state index contributed by atoms with van der Waals surface area (Å²) in [6.45, 7) is 0. The van der Waals surface area contributed by atoms with Gasteiger partial charge in [0.25, 0.3) is 0 Å². The van der Waals surface area contributed by atoms with Crippen LogP contribution in [0, 0.1) is 0 Å². The van der Waals surface area contributed by atoms with Crippen molar-refractivity contribution in [3.63, 3.8) is 0 Å². The van der Waals surface area contributed by atoms with Crippen LogP contribution in [0.4, 0.5) is 0 Å². The molecule has 0 amide bonds. The summed E-state index contributed by atoms with van der Waals surface area (Å²) < 4.78 is 23.2. The molecule has 3 aromatic rings. The second kappa shape index (κ2) is 8.66. The molecule has 7 heteroatoms. The second-order valence-electron chi connectivity index (χ2n) is 9.80. The molecule has 0 unspecified atom stereocenters. The van der Waals surface area contributed by atoms with Gasteiger partial charge in [-0.25, -0.2) is 4.79 Å². The van der Waals surface area contributed by atoms with E-state index in [2.05, 4.69) is 0 Å². The minimum atomic E-state index is -0.487. The number of Topliss-reactive ketones (excluding diaryl/α,β-unsaturated/α-hetero) is 1. The predicted octanol–water partition coefficient (Wildman–Crippen LogP) is 5.84. The Morgan fingerprint density at radius 2 is 1.75 bits per heavy atom. The van der Waals surface area contributed by atoms with Gasteiger partial charge in [0, 0.05) is 11.1 Å². The van der Waals surface area contributed by atoms with Crippen LogP contribution >= 0.6 is 0 Å². The molecular weight excluding hydrogens is 460 g/mol. The van der Waals surface area contributed by atoms with E-state index >= 15 is 0 Å². The molecule has 0 radical (unpaired) electrons. The second-order valence-corrected chi connectivity index (χ2v) is 9.80. The van der Waals surface area contributed by atoms with Gasteiger partial charge in [0.05, 0.1) is 37.0 Å². The Balaban J connectivity index is 1.39. The molecule has 1 atom stereocenters. The first-order valence-corrected chi connectivity index (χ1v) is 12.3. The van der Waals surface area contributed by atoms with E-state index in [0.29, 0.717) is 46.1 Å². The van der Waals surface area contributed by atoms with Gasteiger partial charge in [-0.2, -0.15) is 0 Å². The molecule has 184 valence electrons. The number of carbonyl (C=O) groups excluding carboxylic acids is 3. The molecule has 1 saturated carbocycles. The lowest BCUT2D eigenvalue weighted by Gasteiger charge is -2.42. The number of methoxy groups -OCH3 is 1. The lowest BCUT2D eigenvalue weighted by Crippen LogP contribution is -2.44. The summed E-state index contributed by atoms with van der Waals surface area (Å²) in [5.74, 6) is 1.00. The first-order chi connectivity index (χ1) is 17.5. The van der Waals surface area contributed by atoms with Gasteiger partial charge in [-0.05, 0) is 62.1 Å². The molecule has 0 N–H and O–H groups in total. The van der Waals surface area contributed by atoms with E-state index in [1.165, 1.54) is 7.11 Å². The fourth-order valence-electron chi connectivity index (χ4n) is 5.70. The van der Waals surface area contributed by atoms with Crippen molar-refractivity contribution in [2.24, 2.45) is 0 Å². The van der Waals surface area contributed by atoms with Gasteiger partial charge in [0.15, 0.2) is 5.78 Å². The lowest BCUT2D eigenvalue weighted by atomic mass is 9.77. The molecular formula is C29H26O7. The molecule has 1 aliphatic carbocycles. The number of esters is 2. The van der Waals surface area contributed by atoms with Crippen LogP contribution in [-0.2, 0) is 9.53 Å². The first-order valence-electron chi connectivity index (χ1n) is 12.3. The number of benzene rings is 2. The van der Waals surface area contributed by atoms with E-state index in [4.69, 9.17) is 18.6 Å². The van der Waals surface area contributed by atoms with Gasteiger partial charge in [0.1, 0.15) is 28.6 Å². The molecule has 36 heavy (non-hydrogen) atoms. The maximum absolute atomic E-state index is 13.2. The van der Waals surface area contributed by atoms with E-state index in [1.54, 1.807) is 36.4 Å². The molecule has 2 aliphatic heterocycles. The maximum Gasteiger partial charge on any atom is 0.337 e. The summed E-state index contributed by atoms with van der Waals surface area (Å²) >= 11 is 0. The van der Waals surface area contributed by atoms with Crippen molar-refractivity contribution in [1.29, 1.82) is 0 Å². The molecule has 2 aromatic carbocycles. The molecule has 3 heterocycles. The molecule has 7 nitrogen and oxygen atoms in total. The quantitative estimate of drug-likeness (QED) is 0.339. The number of furan rings is 1. The van der Waals surface area contributed by atoms with Gasteiger partial charge in [-0.15, -0.1) is 0 Å². The Morgan fingerprint density at radius 1 is 0.972 bits per heavy atom. The number of hydrogen-bond donors (Lipinski definition) is 0. The molecule has 0 saturated heterocycles. The van der Waals surface area contributed by atoms with Crippen molar-refractivity contribution in [1.82, 2.24) is 0 Å². The predicted molar refractivity (Wildman–Crippen MR) is 129 cm³/mol. The molecule has 1 aromatic heterocycles. The fraction of sp³-hybridized carbons (Fsp3) is 0.345. The zero-order valence-electron chi connectivity index (χ0n) is 20.0. The summed E-state index contributed by atoms with van der Waals surface area (Å²) in [5.41, 5.74) is 1.99. The Hall–Kier alpha value is -3.87. The number of hydrogen-bond acceptors (Lipinski definition) is 7. The Bertz CT molecular complexity index is 1360. The molecule has 1 fully saturated rings. The van der Waals surface area contributed by atoms with E-state index in [-0.39, 0.29) is 18.2 Å². The number of ketones is 1. The van der Waals surface area contributed by atoms with Gasteiger partial charge >= 0.3 is 11.9 Å². The Kier molecular flexibility index (Phi) is 5.43. The van der Waals surface area contributed by atoms with Crippen LogP contribution in [0.15, 0.2) is 52.9 Å². The summed E-state index contributed by atoms with van der Waals surface area (Å²) in [6, 6.07) is 14.0. The summed E-state index contributed by atoms with van der Waals surface area (Å²) in [4.78, 5) is 37.5. The van der Waals surface area contributed by atoms with Crippen molar-refractivity contribution in [2.75, 3.05) is 7.11 Å². The van der Waals surface area contributed by atoms with Crippen LogP contribution in [0.25, 0.3) is 11.3 Å². The third-order valence-corrected chi connectivity index (χ3v) is 7.53. The first kappa shape index (κ1) is 22.6. The van der Waals surface area contributed by atoms with E-state index in [9.17, 15) is 14.4 Å². The third-order valence-electron chi connectivity index (χ3n) is 7.53. The van der Waals surface area contributed by atoms with Crippen LogP contribution in [0.5, 0.6) is 11.5 Å². The average molecular weight is 487 g/mol. The monoisotopic (exact) mass is 486 g/mol. The number of rotatable bonds is 3. The third kappa shape index (κ3) is 3.79. The molecule has 0 bridgehead atoms. The smallest absolute Gasteiger partial charge is 0.337 e. The number of carbonyl (C=O) groups is 3. The summed E-state index contributed by atoms with van der Waals surface area (Å²) in [7, 11) is 1.34. The highest BCUT2D eigenvalue weighted by Gasteiger charge is 2.45. The zero-order chi connectivity index (χ0) is 24.9. The average Bonchev–Trinajstić information content (AvgIpc) is 3.38. The molecule has 3 aliphatic rings. The van der Waals surface area contributed by atoms with Gasteiger partial charge in [-0.1, -0.05) is 18.6 Å². The van der Waals surface area contributed by atoms with Crippen molar-refractivity contribution in [2.45, 2.75) is 56.5 Å². The van der Waals surface area contributed by atoms with E-state index in [0.717, 1.165) is 37.7 Å². The largest absolute Gasteiger partial charge is 0.486 e. The summed E-state index contributed by atoms with van der Waals surface area (Å²) in [5, 5.41) is 0. The van der Waals surface area contributed by atoms with Crippen LogP contribution in [0.2, 0.25) is 0 Å². The highest BCUT2D eigenvalue weighted by molar-refractivity contribution is 6.01. The van der Waals surface area contributed by atoms with Crippen LogP contribution in [0.1, 0.15) is 82.9 Å². The van der Waals surface area contributed by atoms with Gasteiger partial charge in [-0.3, -0.25) is 9.59 Å². The molecule has 6 rings (SSSR count). The topological polar surface area (TPSA) is 92.0 Å².